The van der Waals surface area contributed by atoms with Gasteiger partial charge in [0.05, 0.1) is 0 Å². The number of esters is 1. The maximum Gasteiger partial charge on any atom is 0.321 e. The van der Waals surface area contributed by atoms with Gasteiger partial charge in [-0.1, -0.05) is 12.8 Å². The number of ether oxygens (including phenoxy) is 1. The molecule has 46 valence electrons. The minimum atomic E-state index is -0.189. The topological polar surface area (TPSA) is 29.5 Å². The molecule has 8 heavy (non-hydrogen) atoms. The number of carbonyl (C=O) groups excluding carboxylic acids is 1. The Morgan fingerprint density at radius 1 is 1.75 bits per heavy atom. The van der Waals surface area contributed by atoms with Crippen molar-refractivity contribution in [3.63, 3.8) is 0 Å². The van der Waals surface area contributed by atoms with Crippen LogP contribution in [-0.4, -0.2) is 30.0 Å². The molecule has 0 aromatic carbocycles. The lowest BCUT2D eigenvalue weighted by Crippen LogP contribution is -2.33. The van der Waals surface area contributed by atoms with Gasteiger partial charge >= 0.3 is 5.97 Å². The van der Waals surface area contributed by atoms with Crippen LogP contribution in [0.2, 0.25) is 0 Å². The lowest BCUT2D eigenvalue weighted by Gasteiger charge is -2.19. The first-order valence-electron chi connectivity index (χ1n) is 2.38. The third kappa shape index (κ3) is 1.38. The van der Waals surface area contributed by atoms with Crippen molar-refractivity contribution in [2.75, 3.05) is 19.7 Å². The van der Waals surface area contributed by atoms with Crippen LogP contribution in [0.1, 0.15) is 0 Å². The van der Waals surface area contributed by atoms with Crippen LogP contribution in [-0.2, 0) is 9.53 Å². The van der Waals surface area contributed by atoms with E-state index < -0.39 is 0 Å². The molecule has 1 saturated heterocycles. The molecule has 0 bridgehead atoms. The summed E-state index contributed by atoms with van der Waals surface area (Å²) in [5.41, 5.74) is 0. The highest BCUT2D eigenvalue weighted by molar-refractivity contribution is 7.77. The lowest BCUT2D eigenvalue weighted by atomic mass is 10.5. The summed E-state index contributed by atoms with van der Waals surface area (Å²) < 4.78 is 6.25. The Labute approximate surface area is 53.2 Å². The quantitative estimate of drug-likeness (QED) is 0.363. The predicted molar refractivity (Wildman–Crippen MR) is 31.5 cm³/mol. The fraction of sp³-hybridized carbons (Fsp3) is 0.750. The van der Waals surface area contributed by atoms with Gasteiger partial charge in [-0.3, -0.25) is 4.79 Å². The Morgan fingerprint density at radius 2 is 2.50 bits per heavy atom. The van der Waals surface area contributed by atoms with Gasteiger partial charge in [0, 0.05) is 6.54 Å². The van der Waals surface area contributed by atoms with Gasteiger partial charge in [-0.25, -0.2) is 4.31 Å². The summed E-state index contributed by atoms with van der Waals surface area (Å²) in [6, 6.07) is 0. The van der Waals surface area contributed by atoms with Gasteiger partial charge in [0.1, 0.15) is 13.2 Å². The molecule has 0 amide bonds. The largest absolute Gasteiger partial charge is 0.463 e. The van der Waals surface area contributed by atoms with Crippen molar-refractivity contribution in [3.05, 3.63) is 0 Å². The number of thiol groups is 1. The molecule has 1 aliphatic rings. The summed E-state index contributed by atoms with van der Waals surface area (Å²) in [7, 11) is 0. The first kappa shape index (κ1) is 5.91. The van der Waals surface area contributed by atoms with Gasteiger partial charge in [-0.2, -0.15) is 0 Å². The van der Waals surface area contributed by atoms with Gasteiger partial charge < -0.3 is 4.74 Å². The highest BCUT2D eigenvalue weighted by Crippen LogP contribution is 1.98. The minimum Gasteiger partial charge on any atom is -0.463 e. The second kappa shape index (κ2) is 2.37. The van der Waals surface area contributed by atoms with E-state index in [0.29, 0.717) is 13.2 Å². The number of morpholine rings is 1. The molecule has 3 nitrogen and oxygen atoms in total. The molecule has 0 aromatic heterocycles. The number of hydrogen-bond donors (Lipinski definition) is 1. The summed E-state index contributed by atoms with van der Waals surface area (Å²) >= 11 is 3.95. The van der Waals surface area contributed by atoms with Crippen LogP contribution < -0.4 is 0 Å². The predicted octanol–water partition coefficient (Wildman–Crippen LogP) is -0.310. The van der Waals surface area contributed by atoms with Crippen LogP contribution in [0, 0.1) is 0 Å². The molecule has 1 heterocycles. The molecule has 1 fully saturated rings. The fourth-order valence-corrected chi connectivity index (χ4v) is 0.736. The Hall–Kier alpha value is -0.220. The zero-order valence-corrected chi connectivity index (χ0v) is 5.23. The zero-order chi connectivity index (χ0) is 5.98. The Morgan fingerprint density at radius 3 is 2.88 bits per heavy atom. The molecule has 0 aliphatic carbocycles. The highest BCUT2D eigenvalue weighted by Gasteiger charge is 2.13. The Balaban J connectivity index is 2.34. The summed E-state index contributed by atoms with van der Waals surface area (Å²) in [4.78, 5) is 10.4. The second-order valence-corrected chi connectivity index (χ2v) is 2.17. The molecule has 1 rings (SSSR count). The first-order chi connectivity index (χ1) is 3.79. The summed E-state index contributed by atoms with van der Waals surface area (Å²) in [6.07, 6.45) is 0. The molecule has 0 N–H and O–H groups in total. The Bertz CT molecular complexity index is 106. The van der Waals surface area contributed by atoms with Crippen molar-refractivity contribution in [3.8, 4) is 0 Å². The van der Waals surface area contributed by atoms with Gasteiger partial charge in [0.25, 0.3) is 0 Å². The average Bonchev–Trinajstić information content (AvgIpc) is 1.64. The van der Waals surface area contributed by atoms with E-state index in [1.165, 1.54) is 0 Å². The highest BCUT2D eigenvalue weighted by atomic mass is 32.1. The maximum atomic E-state index is 10.4. The van der Waals surface area contributed by atoms with Gasteiger partial charge in [0.15, 0.2) is 0 Å². The van der Waals surface area contributed by atoms with Crippen LogP contribution in [0.4, 0.5) is 0 Å². The molecule has 1 aliphatic heterocycles. The Kier molecular flexibility index (Phi) is 1.75. The third-order valence-corrected chi connectivity index (χ3v) is 1.27. The van der Waals surface area contributed by atoms with Crippen LogP contribution in [0.5, 0.6) is 0 Å². The molecule has 0 unspecified atom stereocenters. The summed E-state index contributed by atoms with van der Waals surface area (Å²) in [5.74, 6) is -0.189. The summed E-state index contributed by atoms with van der Waals surface area (Å²) in [5, 5.41) is 0. The number of rotatable bonds is 0. The van der Waals surface area contributed by atoms with E-state index in [-0.39, 0.29) is 5.97 Å². The van der Waals surface area contributed by atoms with Crippen LogP contribution >= 0.6 is 12.8 Å². The SMILES string of the molecule is O=C1CN(S)CCO1. The van der Waals surface area contributed by atoms with Gasteiger partial charge in [-0.15, -0.1) is 0 Å². The van der Waals surface area contributed by atoms with Gasteiger partial charge in [0.2, 0.25) is 0 Å². The van der Waals surface area contributed by atoms with E-state index in [2.05, 4.69) is 17.6 Å². The second-order valence-electron chi connectivity index (χ2n) is 1.61. The molecule has 0 atom stereocenters. The number of hydrogen-bond acceptors (Lipinski definition) is 4. The molecule has 4 heteroatoms. The number of cyclic esters (lactones) is 1. The van der Waals surface area contributed by atoms with E-state index in [4.69, 9.17) is 0 Å². The van der Waals surface area contributed by atoms with Crippen molar-refractivity contribution in [1.82, 2.24) is 4.31 Å². The van der Waals surface area contributed by atoms with Crippen molar-refractivity contribution in [2.45, 2.75) is 0 Å². The average molecular weight is 133 g/mol. The molecule has 0 spiro atoms. The van der Waals surface area contributed by atoms with Crippen molar-refractivity contribution in [2.24, 2.45) is 0 Å². The van der Waals surface area contributed by atoms with E-state index in [9.17, 15) is 4.79 Å². The molecular formula is C4H7NO2S. The van der Waals surface area contributed by atoms with Crippen LogP contribution in [0.15, 0.2) is 0 Å². The lowest BCUT2D eigenvalue weighted by molar-refractivity contribution is -0.147. The van der Waals surface area contributed by atoms with Crippen molar-refractivity contribution in [1.29, 1.82) is 0 Å². The maximum absolute atomic E-state index is 10.4. The molecule has 0 saturated carbocycles. The van der Waals surface area contributed by atoms with E-state index in [0.717, 1.165) is 6.54 Å². The van der Waals surface area contributed by atoms with E-state index >= 15 is 0 Å². The molecule has 0 radical (unpaired) electrons. The molecular weight excluding hydrogens is 126 g/mol. The smallest absolute Gasteiger partial charge is 0.321 e. The number of carbonyl (C=O) groups is 1. The first-order valence-corrected chi connectivity index (χ1v) is 2.78. The minimum absolute atomic E-state index is 0.189. The molecule has 0 aromatic rings. The number of nitrogens with zero attached hydrogens (tertiary/aromatic N) is 1. The van der Waals surface area contributed by atoms with Crippen molar-refractivity contribution >= 4 is 18.8 Å². The zero-order valence-electron chi connectivity index (χ0n) is 4.33. The monoisotopic (exact) mass is 133 g/mol. The third-order valence-electron chi connectivity index (χ3n) is 0.924. The normalized spacial score (nSPS) is 22.9. The van der Waals surface area contributed by atoms with Gasteiger partial charge in [-0.05, 0) is 0 Å². The van der Waals surface area contributed by atoms with E-state index in [1.54, 1.807) is 4.31 Å². The standard InChI is InChI=1S/C4H7NO2S/c6-4-3-5(8)1-2-7-4/h8H,1-3H2. The van der Waals surface area contributed by atoms with E-state index in [1.807, 2.05) is 0 Å². The fourth-order valence-electron chi connectivity index (χ4n) is 0.539. The summed E-state index contributed by atoms with van der Waals surface area (Å²) in [6.45, 7) is 1.51. The van der Waals surface area contributed by atoms with Crippen molar-refractivity contribution < 1.29 is 9.53 Å². The van der Waals surface area contributed by atoms with Crippen LogP contribution in [0.25, 0.3) is 0 Å². The van der Waals surface area contributed by atoms with Crippen LogP contribution in [0.3, 0.4) is 0 Å².